The Morgan fingerprint density at radius 2 is 1.55 bits per heavy atom. The van der Waals surface area contributed by atoms with Gasteiger partial charge >= 0.3 is 0 Å². The number of hydrogen-bond acceptors (Lipinski definition) is 5. The molecule has 1 aliphatic rings. The standard InChI is InChI=1S/C29H27F2N3O4/c1-17(32)28(37)34(29(38)26(35)20-12-22(30)15-23(31)13-20)25-24(19-10-6-3-7-11-19)14-21(16-33-27(25)36)18-8-4-2-5-9-18/h2-15,17,24-26,35H,16,32H2,1H3,(H,33,36)/t17-,24-,25-,26-/m0/s1. The highest BCUT2D eigenvalue weighted by Gasteiger charge is 2.44. The van der Waals surface area contributed by atoms with Crippen LogP contribution in [0.5, 0.6) is 0 Å². The van der Waals surface area contributed by atoms with Gasteiger partial charge in [0.25, 0.3) is 5.91 Å². The number of amides is 3. The third-order valence-corrected chi connectivity index (χ3v) is 6.35. The molecule has 0 spiro atoms. The fraction of sp³-hybridized carbons (Fsp3) is 0.207. The molecule has 38 heavy (non-hydrogen) atoms. The highest BCUT2D eigenvalue weighted by atomic mass is 19.1. The smallest absolute Gasteiger partial charge is 0.263 e. The number of aliphatic hydroxyl groups is 1. The maximum absolute atomic E-state index is 13.9. The molecule has 3 amide bonds. The summed E-state index contributed by atoms with van der Waals surface area (Å²) in [5.74, 6) is -5.65. The molecule has 3 aromatic carbocycles. The van der Waals surface area contributed by atoms with E-state index in [0.29, 0.717) is 16.5 Å². The van der Waals surface area contributed by atoms with Crippen molar-refractivity contribution in [3.8, 4) is 0 Å². The van der Waals surface area contributed by atoms with E-state index in [0.717, 1.165) is 23.3 Å². The topological polar surface area (TPSA) is 113 Å². The van der Waals surface area contributed by atoms with Gasteiger partial charge in [0.2, 0.25) is 11.8 Å². The number of carbonyl (C=O) groups is 3. The van der Waals surface area contributed by atoms with Gasteiger partial charge < -0.3 is 16.2 Å². The summed E-state index contributed by atoms with van der Waals surface area (Å²) in [4.78, 5) is 41.2. The molecule has 0 saturated heterocycles. The van der Waals surface area contributed by atoms with Gasteiger partial charge in [-0.25, -0.2) is 8.78 Å². The predicted molar refractivity (Wildman–Crippen MR) is 137 cm³/mol. The summed E-state index contributed by atoms with van der Waals surface area (Å²) in [7, 11) is 0. The van der Waals surface area contributed by atoms with Gasteiger partial charge in [0, 0.05) is 18.5 Å². The summed E-state index contributed by atoms with van der Waals surface area (Å²) in [6.45, 7) is 1.46. The molecule has 0 fully saturated rings. The van der Waals surface area contributed by atoms with Crippen LogP contribution < -0.4 is 11.1 Å². The van der Waals surface area contributed by atoms with E-state index in [9.17, 15) is 28.3 Å². The third-order valence-electron chi connectivity index (χ3n) is 6.35. The maximum Gasteiger partial charge on any atom is 0.263 e. The number of imide groups is 1. The van der Waals surface area contributed by atoms with Crippen molar-refractivity contribution in [2.45, 2.75) is 31.0 Å². The molecule has 0 aliphatic carbocycles. The van der Waals surface area contributed by atoms with Gasteiger partial charge in [-0.05, 0) is 41.3 Å². The molecule has 0 bridgehead atoms. The van der Waals surface area contributed by atoms with Gasteiger partial charge in [-0.2, -0.15) is 0 Å². The van der Waals surface area contributed by atoms with Crippen molar-refractivity contribution < 1.29 is 28.3 Å². The summed E-state index contributed by atoms with van der Waals surface area (Å²) in [6.07, 6.45) is -0.330. The van der Waals surface area contributed by atoms with Gasteiger partial charge in [-0.15, -0.1) is 0 Å². The van der Waals surface area contributed by atoms with E-state index in [-0.39, 0.29) is 6.54 Å². The Morgan fingerprint density at radius 3 is 2.13 bits per heavy atom. The lowest BCUT2D eigenvalue weighted by atomic mass is 9.87. The highest BCUT2D eigenvalue weighted by molar-refractivity contribution is 6.04. The molecule has 0 radical (unpaired) electrons. The van der Waals surface area contributed by atoms with Crippen LogP contribution in [0.4, 0.5) is 8.78 Å². The van der Waals surface area contributed by atoms with E-state index < -0.39 is 59.0 Å². The minimum Gasteiger partial charge on any atom is -0.378 e. The van der Waals surface area contributed by atoms with Crippen LogP contribution >= 0.6 is 0 Å². The first-order valence-corrected chi connectivity index (χ1v) is 12.0. The zero-order chi connectivity index (χ0) is 27.4. The maximum atomic E-state index is 13.9. The van der Waals surface area contributed by atoms with Gasteiger partial charge in [0.05, 0.1) is 6.04 Å². The molecule has 0 unspecified atom stereocenters. The number of hydrogen-bond donors (Lipinski definition) is 3. The van der Waals surface area contributed by atoms with Crippen LogP contribution in [0.15, 0.2) is 84.9 Å². The molecule has 1 aliphatic heterocycles. The van der Waals surface area contributed by atoms with E-state index >= 15 is 0 Å². The van der Waals surface area contributed by atoms with Crippen molar-refractivity contribution in [2.24, 2.45) is 5.73 Å². The van der Waals surface area contributed by atoms with Crippen molar-refractivity contribution in [2.75, 3.05) is 6.54 Å². The first-order valence-electron chi connectivity index (χ1n) is 12.0. The first kappa shape index (κ1) is 26.8. The fourth-order valence-electron chi connectivity index (χ4n) is 4.51. The molecule has 4 atom stereocenters. The van der Waals surface area contributed by atoms with Gasteiger partial charge in [-0.3, -0.25) is 19.3 Å². The second-order valence-electron chi connectivity index (χ2n) is 9.10. The second kappa shape index (κ2) is 11.5. The first-order chi connectivity index (χ1) is 18.2. The van der Waals surface area contributed by atoms with Gasteiger partial charge in [0.15, 0.2) is 6.10 Å². The highest BCUT2D eigenvalue weighted by Crippen LogP contribution is 2.33. The third kappa shape index (κ3) is 5.69. The molecule has 0 aromatic heterocycles. The number of rotatable bonds is 6. The molecule has 0 saturated carbocycles. The van der Waals surface area contributed by atoms with Gasteiger partial charge in [-0.1, -0.05) is 66.7 Å². The molecule has 3 aromatic rings. The predicted octanol–water partition coefficient (Wildman–Crippen LogP) is 3.07. The van der Waals surface area contributed by atoms with Crippen LogP contribution in [0.2, 0.25) is 0 Å². The lowest BCUT2D eigenvalue weighted by Gasteiger charge is -2.35. The minimum absolute atomic E-state index is 0.120. The number of nitrogens with two attached hydrogens (primary N) is 1. The average Bonchev–Trinajstić information content (AvgIpc) is 3.08. The van der Waals surface area contributed by atoms with Crippen molar-refractivity contribution in [3.63, 3.8) is 0 Å². The monoisotopic (exact) mass is 519 g/mol. The summed E-state index contributed by atoms with van der Waals surface area (Å²) in [5.41, 5.74) is 7.68. The Kier molecular flexibility index (Phi) is 8.09. The quantitative estimate of drug-likeness (QED) is 0.464. The number of benzene rings is 3. The summed E-state index contributed by atoms with van der Waals surface area (Å²) in [5, 5.41) is 13.6. The Hall–Kier alpha value is -4.21. The van der Waals surface area contributed by atoms with Crippen LogP contribution in [0.1, 0.15) is 35.6 Å². The van der Waals surface area contributed by atoms with E-state index in [1.807, 2.05) is 30.3 Å². The van der Waals surface area contributed by atoms with Crippen molar-refractivity contribution in [1.29, 1.82) is 0 Å². The van der Waals surface area contributed by atoms with Crippen molar-refractivity contribution in [3.05, 3.63) is 113 Å². The molecular formula is C29H27F2N3O4. The number of halogens is 2. The van der Waals surface area contributed by atoms with Crippen LogP contribution in [0.3, 0.4) is 0 Å². The van der Waals surface area contributed by atoms with Crippen LogP contribution in [-0.2, 0) is 14.4 Å². The van der Waals surface area contributed by atoms with E-state index in [1.165, 1.54) is 6.92 Å². The fourth-order valence-corrected chi connectivity index (χ4v) is 4.51. The molecule has 1 heterocycles. The zero-order valence-electron chi connectivity index (χ0n) is 20.6. The SMILES string of the molecule is C[C@H](N)C(=O)N(C(=O)[C@@H](O)c1cc(F)cc(F)c1)[C@@H]1C(=O)NCC(c2ccccc2)=C[C@H]1c1ccccc1. The van der Waals surface area contributed by atoms with E-state index in [4.69, 9.17) is 5.73 Å². The van der Waals surface area contributed by atoms with Crippen LogP contribution in [0.25, 0.3) is 5.57 Å². The van der Waals surface area contributed by atoms with Crippen LogP contribution in [0, 0.1) is 11.6 Å². The number of nitrogens with one attached hydrogen (secondary N) is 1. The number of nitrogens with zero attached hydrogens (tertiary/aromatic N) is 1. The Labute approximate surface area is 218 Å². The normalized spacial score (nSPS) is 19.0. The lowest BCUT2D eigenvalue weighted by molar-refractivity contribution is -0.158. The largest absolute Gasteiger partial charge is 0.378 e. The van der Waals surface area contributed by atoms with Crippen LogP contribution in [-0.4, -0.2) is 46.4 Å². The minimum atomic E-state index is -2.13. The van der Waals surface area contributed by atoms with Crippen molar-refractivity contribution in [1.82, 2.24) is 10.2 Å². The Morgan fingerprint density at radius 1 is 0.974 bits per heavy atom. The Balaban J connectivity index is 1.86. The molecule has 7 nitrogen and oxygen atoms in total. The second-order valence-corrected chi connectivity index (χ2v) is 9.10. The summed E-state index contributed by atoms with van der Waals surface area (Å²) >= 11 is 0. The number of aliphatic hydroxyl groups excluding tert-OH is 1. The molecule has 9 heteroatoms. The molecule has 4 rings (SSSR count). The Bertz CT molecular complexity index is 1340. The molecule has 4 N–H and O–H groups in total. The number of carbonyl (C=O) groups excluding carboxylic acids is 3. The summed E-state index contributed by atoms with van der Waals surface area (Å²) < 4.78 is 27.7. The molecule has 196 valence electrons. The van der Waals surface area contributed by atoms with Gasteiger partial charge in [0.1, 0.15) is 17.7 Å². The average molecular weight is 520 g/mol. The van der Waals surface area contributed by atoms with E-state index in [2.05, 4.69) is 5.32 Å². The summed E-state index contributed by atoms with van der Waals surface area (Å²) in [6, 6.07) is 17.6. The molecular weight excluding hydrogens is 492 g/mol. The van der Waals surface area contributed by atoms with Crippen molar-refractivity contribution >= 4 is 23.3 Å². The lowest BCUT2D eigenvalue weighted by Crippen LogP contribution is -2.58. The van der Waals surface area contributed by atoms with E-state index in [1.54, 1.807) is 36.4 Å². The zero-order valence-corrected chi connectivity index (χ0v) is 20.6.